The highest BCUT2D eigenvalue weighted by Gasteiger charge is 2.37. The second kappa shape index (κ2) is 4.34. The summed E-state index contributed by atoms with van der Waals surface area (Å²) in [6.07, 6.45) is 0. The van der Waals surface area contributed by atoms with Crippen molar-refractivity contribution in [2.75, 3.05) is 7.11 Å². The molecule has 1 heterocycles. The minimum atomic E-state index is -0.229. The maximum atomic E-state index is 12.4. The molecular weight excluding hydrogens is 254 g/mol. The van der Waals surface area contributed by atoms with Crippen LogP contribution in [0.3, 0.4) is 0 Å². The second-order valence-electron chi connectivity index (χ2n) is 5.15. The monoisotopic (exact) mass is 269 g/mol. The molecule has 4 heteroatoms. The van der Waals surface area contributed by atoms with E-state index >= 15 is 0 Å². The van der Waals surface area contributed by atoms with Gasteiger partial charge in [-0.05, 0) is 37.4 Å². The number of nitrogens with zero attached hydrogens (tertiary/aromatic N) is 1. The van der Waals surface area contributed by atoms with Crippen molar-refractivity contribution in [3.63, 3.8) is 0 Å². The number of ether oxygens (including phenoxy) is 1. The normalized spacial score (nSPS) is 14.3. The maximum absolute atomic E-state index is 12.4. The number of carbonyl (C=O) groups is 2. The van der Waals surface area contributed by atoms with Gasteiger partial charge in [-0.2, -0.15) is 0 Å². The van der Waals surface area contributed by atoms with Crippen LogP contribution in [-0.4, -0.2) is 29.9 Å². The molecule has 0 N–H and O–H groups in total. The molecule has 0 atom stereocenters. The zero-order valence-corrected chi connectivity index (χ0v) is 11.6. The smallest absolute Gasteiger partial charge is 0.261 e. The lowest BCUT2D eigenvalue weighted by Crippen LogP contribution is -2.35. The maximum Gasteiger partial charge on any atom is 0.261 e. The van der Waals surface area contributed by atoms with E-state index in [0.29, 0.717) is 16.9 Å². The third-order valence-corrected chi connectivity index (χ3v) is 3.61. The van der Waals surface area contributed by atoms with Crippen molar-refractivity contribution in [1.82, 2.24) is 4.90 Å². The molecule has 0 radical (unpaired) electrons. The minimum absolute atomic E-state index is 0.146. The first-order valence-corrected chi connectivity index (χ1v) is 6.53. The van der Waals surface area contributed by atoms with E-state index < -0.39 is 0 Å². The van der Waals surface area contributed by atoms with Crippen LogP contribution in [0.4, 0.5) is 0 Å². The second-order valence-corrected chi connectivity index (χ2v) is 5.15. The van der Waals surface area contributed by atoms with Gasteiger partial charge < -0.3 is 4.74 Å². The van der Waals surface area contributed by atoms with Gasteiger partial charge in [0.2, 0.25) is 0 Å². The predicted molar refractivity (Wildman–Crippen MR) is 76.1 cm³/mol. The first-order chi connectivity index (χ1) is 9.54. The molecule has 0 aromatic heterocycles. The van der Waals surface area contributed by atoms with Gasteiger partial charge in [0.1, 0.15) is 5.75 Å². The quantitative estimate of drug-likeness (QED) is 0.787. The van der Waals surface area contributed by atoms with Crippen LogP contribution < -0.4 is 4.74 Å². The highest BCUT2D eigenvalue weighted by molar-refractivity contribution is 6.23. The molecule has 3 rings (SSSR count). The number of hydrogen-bond acceptors (Lipinski definition) is 3. The van der Waals surface area contributed by atoms with E-state index in [1.807, 2.05) is 32.0 Å². The number of methoxy groups -OCH3 is 1. The van der Waals surface area contributed by atoms with E-state index in [1.165, 1.54) is 4.90 Å². The average molecular weight is 269 g/mol. The number of fused-ring (bicyclic) bond motifs is 2. The molecule has 2 amide bonds. The first-order valence-electron chi connectivity index (χ1n) is 6.53. The molecule has 0 bridgehead atoms. The van der Waals surface area contributed by atoms with E-state index in [-0.39, 0.29) is 17.9 Å². The standard InChI is InChI=1S/C16H15NO3/c1-9(2)17-15(18)12-7-10-5-4-6-14(20-3)11(10)8-13(12)16(17)19/h4-9H,1-3H3. The molecule has 0 saturated heterocycles. The fourth-order valence-electron chi connectivity index (χ4n) is 2.65. The zero-order valence-electron chi connectivity index (χ0n) is 11.6. The van der Waals surface area contributed by atoms with E-state index in [1.54, 1.807) is 19.2 Å². The Kier molecular flexibility index (Phi) is 2.74. The summed E-state index contributed by atoms with van der Waals surface area (Å²) in [6.45, 7) is 3.67. The Balaban J connectivity index is 2.27. The van der Waals surface area contributed by atoms with Crippen molar-refractivity contribution in [1.29, 1.82) is 0 Å². The Hall–Kier alpha value is -2.36. The van der Waals surface area contributed by atoms with Crippen molar-refractivity contribution in [2.45, 2.75) is 19.9 Å². The topological polar surface area (TPSA) is 46.6 Å². The Labute approximate surface area is 116 Å². The number of carbonyl (C=O) groups excluding carboxylic acids is 2. The Morgan fingerprint density at radius 1 is 1.05 bits per heavy atom. The van der Waals surface area contributed by atoms with E-state index in [9.17, 15) is 9.59 Å². The van der Waals surface area contributed by atoms with E-state index in [4.69, 9.17) is 4.74 Å². The van der Waals surface area contributed by atoms with Crippen LogP contribution in [0.1, 0.15) is 34.6 Å². The fourth-order valence-corrected chi connectivity index (χ4v) is 2.65. The van der Waals surface area contributed by atoms with Gasteiger partial charge in [0.05, 0.1) is 18.2 Å². The molecule has 2 aromatic rings. The molecule has 0 saturated carbocycles. The summed E-state index contributed by atoms with van der Waals surface area (Å²) >= 11 is 0. The molecule has 102 valence electrons. The van der Waals surface area contributed by atoms with Crippen LogP contribution in [0.2, 0.25) is 0 Å². The van der Waals surface area contributed by atoms with Crippen molar-refractivity contribution >= 4 is 22.6 Å². The van der Waals surface area contributed by atoms with Crippen LogP contribution in [0.25, 0.3) is 10.8 Å². The zero-order chi connectivity index (χ0) is 14.4. The molecule has 4 nitrogen and oxygen atoms in total. The molecule has 1 aliphatic heterocycles. The van der Waals surface area contributed by atoms with Crippen molar-refractivity contribution in [2.24, 2.45) is 0 Å². The number of hydrogen-bond donors (Lipinski definition) is 0. The van der Waals surface area contributed by atoms with Gasteiger partial charge in [-0.25, -0.2) is 0 Å². The fraction of sp³-hybridized carbons (Fsp3) is 0.250. The van der Waals surface area contributed by atoms with Gasteiger partial charge >= 0.3 is 0 Å². The molecule has 20 heavy (non-hydrogen) atoms. The lowest BCUT2D eigenvalue weighted by Gasteiger charge is -2.17. The molecule has 1 aliphatic rings. The van der Waals surface area contributed by atoms with Gasteiger partial charge in [-0.1, -0.05) is 12.1 Å². The van der Waals surface area contributed by atoms with Crippen LogP contribution in [0.5, 0.6) is 5.75 Å². The number of amides is 2. The Bertz CT molecular complexity index is 734. The Morgan fingerprint density at radius 2 is 1.70 bits per heavy atom. The summed E-state index contributed by atoms with van der Waals surface area (Å²) in [5.41, 5.74) is 0.935. The highest BCUT2D eigenvalue weighted by Crippen LogP contribution is 2.33. The average Bonchev–Trinajstić information content (AvgIpc) is 2.67. The van der Waals surface area contributed by atoms with Gasteiger partial charge in [0, 0.05) is 11.4 Å². The molecule has 0 unspecified atom stereocenters. The summed E-state index contributed by atoms with van der Waals surface area (Å²) < 4.78 is 5.31. The number of benzene rings is 2. The van der Waals surface area contributed by atoms with Crippen LogP contribution in [0, 0.1) is 0 Å². The van der Waals surface area contributed by atoms with Crippen LogP contribution in [-0.2, 0) is 0 Å². The third-order valence-electron chi connectivity index (χ3n) is 3.61. The minimum Gasteiger partial charge on any atom is -0.496 e. The largest absolute Gasteiger partial charge is 0.496 e. The first kappa shape index (κ1) is 12.7. The van der Waals surface area contributed by atoms with Crippen molar-refractivity contribution in [3.05, 3.63) is 41.5 Å². The predicted octanol–water partition coefficient (Wildman–Crippen LogP) is 2.85. The summed E-state index contributed by atoms with van der Waals surface area (Å²) in [6, 6.07) is 9.01. The lowest BCUT2D eigenvalue weighted by atomic mass is 10.0. The van der Waals surface area contributed by atoms with Crippen LogP contribution >= 0.6 is 0 Å². The highest BCUT2D eigenvalue weighted by atomic mass is 16.5. The van der Waals surface area contributed by atoms with Gasteiger partial charge in [0.25, 0.3) is 11.8 Å². The number of imide groups is 1. The Morgan fingerprint density at radius 3 is 2.30 bits per heavy atom. The summed E-state index contributed by atoms with van der Waals surface area (Å²) in [5.74, 6) is 0.256. The van der Waals surface area contributed by atoms with Crippen molar-refractivity contribution in [3.8, 4) is 5.75 Å². The van der Waals surface area contributed by atoms with Crippen LogP contribution in [0.15, 0.2) is 30.3 Å². The van der Waals surface area contributed by atoms with Gasteiger partial charge in [-0.3, -0.25) is 14.5 Å². The number of rotatable bonds is 2. The van der Waals surface area contributed by atoms with E-state index in [2.05, 4.69) is 0 Å². The third kappa shape index (κ3) is 1.61. The molecule has 2 aromatic carbocycles. The lowest BCUT2D eigenvalue weighted by molar-refractivity contribution is 0.0609. The van der Waals surface area contributed by atoms with Gasteiger partial charge in [-0.15, -0.1) is 0 Å². The SMILES string of the molecule is COc1cccc2cc3c(cc12)C(=O)N(C(C)C)C3=O. The summed E-state index contributed by atoms with van der Waals surface area (Å²) in [7, 11) is 1.59. The molecular formula is C16H15NO3. The summed E-state index contributed by atoms with van der Waals surface area (Å²) in [4.78, 5) is 26.0. The molecule has 0 aliphatic carbocycles. The summed E-state index contributed by atoms with van der Waals surface area (Å²) in [5, 5.41) is 1.75. The van der Waals surface area contributed by atoms with E-state index in [0.717, 1.165) is 10.8 Å². The molecule has 0 fully saturated rings. The molecule has 0 spiro atoms. The van der Waals surface area contributed by atoms with Crippen molar-refractivity contribution < 1.29 is 14.3 Å². The van der Waals surface area contributed by atoms with Gasteiger partial charge in [0.15, 0.2) is 0 Å².